The Hall–Kier alpha value is -0.330. The third-order valence-corrected chi connectivity index (χ3v) is 3.39. The van der Waals surface area contributed by atoms with Crippen molar-refractivity contribution in [3.63, 3.8) is 0 Å². The molecule has 0 aromatic heterocycles. The van der Waals surface area contributed by atoms with E-state index in [-0.39, 0.29) is 10.8 Å². The fourth-order valence-corrected chi connectivity index (χ4v) is 2.28. The normalized spacial score (nSPS) is 19.8. The van der Waals surface area contributed by atoms with Gasteiger partial charge in [0.25, 0.3) is 0 Å². The molecule has 13 heavy (non-hydrogen) atoms. The molecule has 0 amide bonds. The Bertz CT molecular complexity index is 204. The third kappa shape index (κ3) is 1.95. The van der Waals surface area contributed by atoms with Gasteiger partial charge in [0.1, 0.15) is 5.78 Å². The zero-order chi connectivity index (χ0) is 10.3. The van der Waals surface area contributed by atoms with Gasteiger partial charge in [-0.05, 0) is 18.8 Å². The highest BCUT2D eigenvalue weighted by Gasteiger charge is 2.43. The largest absolute Gasteiger partial charge is 0.299 e. The fraction of sp³-hybridized carbons (Fsp3) is 0.917. The van der Waals surface area contributed by atoms with Crippen LogP contribution < -0.4 is 0 Å². The smallest absolute Gasteiger partial charge is 0.144 e. The molecule has 1 aliphatic rings. The molecule has 0 saturated heterocycles. The number of rotatable bonds is 2. The molecule has 0 aromatic rings. The Morgan fingerprint density at radius 1 is 1.08 bits per heavy atom. The molecule has 0 unspecified atom stereocenters. The van der Waals surface area contributed by atoms with Crippen molar-refractivity contribution in [3.05, 3.63) is 0 Å². The van der Waals surface area contributed by atoms with Crippen molar-refractivity contribution >= 4 is 5.78 Å². The van der Waals surface area contributed by atoms with Crippen LogP contribution in [0.3, 0.4) is 0 Å². The van der Waals surface area contributed by atoms with Crippen molar-refractivity contribution in [1.82, 2.24) is 0 Å². The monoisotopic (exact) mass is 182 g/mol. The maximum atomic E-state index is 12.1. The molecule has 1 heteroatoms. The second-order valence-corrected chi connectivity index (χ2v) is 5.93. The minimum absolute atomic E-state index is 0.101. The molecule has 1 saturated carbocycles. The number of carbonyl (C=O) groups excluding carboxylic acids is 1. The van der Waals surface area contributed by atoms with Gasteiger partial charge in [-0.1, -0.05) is 41.0 Å². The molecule has 1 fully saturated rings. The molecular formula is C12H22O. The lowest BCUT2D eigenvalue weighted by molar-refractivity contribution is -0.139. The molecule has 1 aliphatic carbocycles. The van der Waals surface area contributed by atoms with Gasteiger partial charge in [0.2, 0.25) is 0 Å². The van der Waals surface area contributed by atoms with Crippen molar-refractivity contribution in [2.75, 3.05) is 0 Å². The van der Waals surface area contributed by atoms with Crippen molar-refractivity contribution in [2.24, 2.45) is 16.7 Å². The van der Waals surface area contributed by atoms with Crippen molar-refractivity contribution in [1.29, 1.82) is 0 Å². The highest BCUT2D eigenvalue weighted by molar-refractivity contribution is 5.89. The first kappa shape index (κ1) is 10.7. The summed E-state index contributed by atoms with van der Waals surface area (Å²) in [5, 5.41) is 0. The molecular weight excluding hydrogens is 160 g/mol. The lowest BCUT2D eigenvalue weighted by atomic mass is 9.61. The summed E-state index contributed by atoms with van der Waals surface area (Å²) >= 11 is 0. The number of ketones is 1. The van der Waals surface area contributed by atoms with E-state index in [4.69, 9.17) is 0 Å². The van der Waals surface area contributed by atoms with Gasteiger partial charge in [0.05, 0.1) is 0 Å². The predicted molar refractivity (Wildman–Crippen MR) is 55.6 cm³/mol. The summed E-state index contributed by atoms with van der Waals surface area (Å²) in [4.78, 5) is 12.1. The van der Waals surface area contributed by atoms with E-state index in [2.05, 4.69) is 13.8 Å². The molecule has 0 bridgehead atoms. The summed E-state index contributed by atoms with van der Waals surface area (Å²) in [6, 6.07) is 0. The molecule has 0 spiro atoms. The fourth-order valence-electron chi connectivity index (χ4n) is 2.28. The summed E-state index contributed by atoms with van der Waals surface area (Å²) < 4.78 is 0. The maximum absolute atomic E-state index is 12.1. The molecule has 76 valence electrons. The van der Waals surface area contributed by atoms with E-state index in [0.29, 0.717) is 11.7 Å². The average Bonchev–Trinajstić information content (AvgIpc) is 1.78. The van der Waals surface area contributed by atoms with Crippen molar-refractivity contribution < 1.29 is 4.79 Å². The molecule has 0 heterocycles. The lowest BCUT2D eigenvalue weighted by Gasteiger charge is -2.42. The van der Waals surface area contributed by atoms with Crippen LogP contribution in [0.2, 0.25) is 0 Å². The van der Waals surface area contributed by atoms with Crippen molar-refractivity contribution in [2.45, 2.75) is 53.9 Å². The Morgan fingerprint density at radius 2 is 1.54 bits per heavy atom. The van der Waals surface area contributed by atoms with E-state index < -0.39 is 0 Å². The van der Waals surface area contributed by atoms with Gasteiger partial charge in [0, 0.05) is 10.8 Å². The lowest BCUT2D eigenvalue weighted by Crippen LogP contribution is -2.42. The van der Waals surface area contributed by atoms with Crippen LogP contribution in [0.1, 0.15) is 53.9 Å². The number of hydrogen-bond donors (Lipinski definition) is 0. The van der Waals surface area contributed by atoms with E-state index in [1.165, 1.54) is 19.3 Å². The summed E-state index contributed by atoms with van der Waals surface area (Å²) in [5.41, 5.74) is -0.282. The standard InChI is InChI=1S/C12H22O/c1-11(2,3)10(13)12(4,5)9-7-6-8-9/h9H,6-8H2,1-5H3. The van der Waals surface area contributed by atoms with Crippen LogP contribution in [-0.2, 0) is 4.79 Å². The Morgan fingerprint density at radius 3 is 1.77 bits per heavy atom. The van der Waals surface area contributed by atoms with Crippen LogP contribution in [0.15, 0.2) is 0 Å². The van der Waals surface area contributed by atoms with E-state index in [1.807, 2.05) is 20.8 Å². The molecule has 0 aromatic carbocycles. The van der Waals surface area contributed by atoms with Crippen LogP contribution in [0.4, 0.5) is 0 Å². The van der Waals surface area contributed by atoms with Crippen LogP contribution in [0.25, 0.3) is 0 Å². The summed E-state index contributed by atoms with van der Waals surface area (Å²) in [5.74, 6) is 1.06. The molecule has 0 radical (unpaired) electrons. The van der Waals surface area contributed by atoms with E-state index in [1.54, 1.807) is 0 Å². The Labute approximate surface area is 81.9 Å². The highest BCUT2D eigenvalue weighted by Crippen LogP contribution is 2.45. The highest BCUT2D eigenvalue weighted by atomic mass is 16.1. The molecule has 0 atom stereocenters. The SMILES string of the molecule is CC(C)(C)C(=O)C(C)(C)C1CCC1. The zero-order valence-corrected chi connectivity index (χ0v) is 9.61. The minimum Gasteiger partial charge on any atom is -0.299 e. The average molecular weight is 182 g/mol. The van der Waals surface area contributed by atoms with Gasteiger partial charge in [0.15, 0.2) is 0 Å². The molecule has 0 aliphatic heterocycles. The van der Waals surface area contributed by atoms with Crippen LogP contribution in [0.5, 0.6) is 0 Å². The van der Waals surface area contributed by atoms with E-state index >= 15 is 0 Å². The third-order valence-electron chi connectivity index (χ3n) is 3.39. The molecule has 0 N–H and O–H groups in total. The van der Waals surface area contributed by atoms with Crippen LogP contribution >= 0.6 is 0 Å². The zero-order valence-electron chi connectivity index (χ0n) is 9.61. The summed E-state index contributed by atoms with van der Waals surface area (Å²) in [7, 11) is 0. The first-order chi connectivity index (χ1) is 5.76. The van der Waals surface area contributed by atoms with Crippen LogP contribution in [-0.4, -0.2) is 5.78 Å². The van der Waals surface area contributed by atoms with Gasteiger partial charge in [-0.2, -0.15) is 0 Å². The quantitative estimate of drug-likeness (QED) is 0.639. The number of Topliss-reactive ketones (excluding diaryl/α,β-unsaturated/α-hetero) is 1. The number of carbonyl (C=O) groups is 1. The molecule has 1 nitrogen and oxygen atoms in total. The maximum Gasteiger partial charge on any atom is 0.144 e. The van der Waals surface area contributed by atoms with Crippen LogP contribution in [0, 0.1) is 16.7 Å². The Balaban J connectivity index is 2.73. The summed E-state index contributed by atoms with van der Waals surface area (Å²) in [6.45, 7) is 10.3. The van der Waals surface area contributed by atoms with Crippen molar-refractivity contribution in [3.8, 4) is 0 Å². The van der Waals surface area contributed by atoms with E-state index in [9.17, 15) is 4.79 Å². The predicted octanol–water partition coefficient (Wildman–Crippen LogP) is 3.43. The molecule has 1 rings (SSSR count). The first-order valence-corrected chi connectivity index (χ1v) is 5.31. The summed E-state index contributed by atoms with van der Waals surface area (Å²) in [6.07, 6.45) is 3.80. The number of hydrogen-bond acceptors (Lipinski definition) is 1. The van der Waals surface area contributed by atoms with Gasteiger partial charge in [-0.3, -0.25) is 4.79 Å². The van der Waals surface area contributed by atoms with Gasteiger partial charge in [-0.15, -0.1) is 0 Å². The van der Waals surface area contributed by atoms with Gasteiger partial charge >= 0.3 is 0 Å². The minimum atomic E-state index is -0.181. The Kier molecular flexibility index (Phi) is 2.57. The topological polar surface area (TPSA) is 17.1 Å². The second-order valence-electron chi connectivity index (χ2n) is 5.93. The second kappa shape index (κ2) is 3.11. The van der Waals surface area contributed by atoms with Gasteiger partial charge < -0.3 is 0 Å². The first-order valence-electron chi connectivity index (χ1n) is 5.31. The van der Waals surface area contributed by atoms with E-state index in [0.717, 1.165) is 0 Å². The van der Waals surface area contributed by atoms with Gasteiger partial charge in [-0.25, -0.2) is 0 Å².